The van der Waals surface area contributed by atoms with E-state index in [1.807, 2.05) is 0 Å². The Kier molecular flexibility index (Phi) is 4.10. The first-order valence-corrected chi connectivity index (χ1v) is 7.67. The highest BCUT2D eigenvalue weighted by Crippen LogP contribution is 2.30. The Labute approximate surface area is 138 Å². The summed E-state index contributed by atoms with van der Waals surface area (Å²) in [5.74, 6) is -0.416. The highest BCUT2D eigenvalue weighted by molar-refractivity contribution is 7.13. The van der Waals surface area contributed by atoms with Crippen molar-refractivity contribution < 1.29 is 18.0 Å². The fourth-order valence-corrected chi connectivity index (χ4v) is 2.68. The van der Waals surface area contributed by atoms with Gasteiger partial charge in [-0.05, 0) is 25.1 Å². The molecule has 0 bridgehead atoms. The molecular weight excluding hydrogens is 341 g/mol. The van der Waals surface area contributed by atoms with Crippen molar-refractivity contribution in [1.82, 2.24) is 14.8 Å². The Morgan fingerprint density at radius 3 is 2.79 bits per heavy atom. The van der Waals surface area contributed by atoms with Gasteiger partial charge in [0.1, 0.15) is 0 Å². The quantitative estimate of drug-likeness (QED) is 0.777. The molecule has 0 saturated heterocycles. The van der Waals surface area contributed by atoms with Crippen LogP contribution in [0.4, 0.5) is 18.3 Å². The van der Waals surface area contributed by atoms with Gasteiger partial charge in [0.15, 0.2) is 5.13 Å². The van der Waals surface area contributed by atoms with E-state index in [-0.39, 0.29) is 11.3 Å². The van der Waals surface area contributed by atoms with Gasteiger partial charge in [-0.1, -0.05) is 6.07 Å². The largest absolute Gasteiger partial charge is 0.416 e. The summed E-state index contributed by atoms with van der Waals surface area (Å²) in [7, 11) is 0. The van der Waals surface area contributed by atoms with Crippen LogP contribution < -0.4 is 5.32 Å². The number of rotatable bonds is 3. The summed E-state index contributed by atoms with van der Waals surface area (Å²) in [6.07, 6.45) is -1.57. The van der Waals surface area contributed by atoms with Gasteiger partial charge in [0.25, 0.3) is 5.91 Å². The molecular formula is C15H11F3N4OS. The molecule has 0 aliphatic heterocycles. The van der Waals surface area contributed by atoms with Crippen LogP contribution in [0.15, 0.2) is 42.0 Å². The molecule has 5 nitrogen and oxygen atoms in total. The third kappa shape index (κ3) is 3.16. The van der Waals surface area contributed by atoms with Gasteiger partial charge in [-0.15, -0.1) is 11.3 Å². The molecule has 0 aliphatic carbocycles. The van der Waals surface area contributed by atoms with E-state index < -0.39 is 17.6 Å². The number of alkyl halides is 3. The number of anilines is 1. The molecule has 1 aromatic carbocycles. The van der Waals surface area contributed by atoms with Crippen molar-refractivity contribution in [3.05, 3.63) is 58.9 Å². The van der Waals surface area contributed by atoms with Gasteiger partial charge in [-0.25, -0.2) is 9.67 Å². The first-order chi connectivity index (χ1) is 11.4. The summed E-state index contributed by atoms with van der Waals surface area (Å²) in [6.45, 7) is 1.62. The van der Waals surface area contributed by atoms with E-state index in [9.17, 15) is 18.0 Å². The lowest BCUT2D eigenvalue weighted by Crippen LogP contribution is -2.13. The van der Waals surface area contributed by atoms with Crippen LogP contribution in [-0.4, -0.2) is 20.7 Å². The number of thiazole rings is 1. The highest BCUT2D eigenvalue weighted by Gasteiger charge is 2.30. The van der Waals surface area contributed by atoms with E-state index in [0.717, 1.165) is 12.1 Å². The zero-order valence-corrected chi connectivity index (χ0v) is 13.1. The average molecular weight is 352 g/mol. The Morgan fingerprint density at radius 1 is 1.33 bits per heavy atom. The number of benzene rings is 1. The van der Waals surface area contributed by atoms with Crippen LogP contribution in [-0.2, 0) is 6.18 Å². The van der Waals surface area contributed by atoms with Crippen molar-refractivity contribution in [2.45, 2.75) is 13.1 Å². The van der Waals surface area contributed by atoms with Crippen LogP contribution in [0.3, 0.4) is 0 Å². The minimum absolute atomic E-state index is 0.232. The number of hydrogen-bond donors (Lipinski definition) is 1. The molecule has 24 heavy (non-hydrogen) atoms. The maximum absolute atomic E-state index is 12.8. The number of carbonyl (C=O) groups excluding carboxylic acids is 1. The topological polar surface area (TPSA) is 59.8 Å². The number of hydrogen-bond acceptors (Lipinski definition) is 4. The Morgan fingerprint density at radius 2 is 2.12 bits per heavy atom. The molecule has 2 heterocycles. The fraction of sp³-hybridized carbons (Fsp3) is 0.133. The van der Waals surface area contributed by atoms with Gasteiger partial charge < -0.3 is 0 Å². The first kappa shape index (κ1) is 16.2. The van der Waals surface area contributed by atoms with E-state index in [0.29, 0.717) is 10.8 Å². The maximum Gasteiger partial charge on any atom is 0.416 e. The lowest BCUT2D eigenvalue weighted by molar-refractivity contribution is -0.137. The number of aromatic nitrogens is 3. The SMILES string of the molecule is Cc1c(C(=O)Nc2nccs2)cnn1-c1cccc(C(F)(F)F)c1. The van der Waals surface area contributed by atoms with Crippen molar-refractivity contribution in [3.8, 4) is 5.69 Å². The fourth-order valence-electron chi connectivity index (χ4n) is 2.16. The molecule has 3 rings (SSSR count). The van der Waals surface area contributed by atoms with Gasteiger partial charge >= 0.3 is 6.18 Å². The minimum atomic E-state index is -4.44. The predicted octanol–water partition coefficient (Wildman–Crippen LogP) is 3.91. The summed E-state index contributed by atoms with van der Waals surface area (Å²) in [5.41, 5.74) is 0.158. The van der Waals surface area contributed by atoms with Crippen molar-refractivity contribution in [3.63, 3.8) is 0 Å². The average Bonchev–Trinajstić information content (AvgIpc) is 3.16. The van der Waals surface area contributed by atoms with Crippen LogP contribution in [0.2, 0.25) is 0 Å². The van der Waals surface area contributed by atoms with E-state index in [1.54, 1.807) is 18.5 Å². The second-order valence-electron chi connectivity index (χ2n) is 4.89. The Hall–Kier alpha value is -2.68. The predicted molar refractivity (Wildman–Crippen MR) is 83.4 cm³/mol. The van der Waals surface area contributed by atoms with Crippen LogP contribution in [0, 0.1) is 6.92 Å². The third-order valence-electron chi connectivity index (χ3n) is 3.33. The molecule has 1 N–H and O–H groups in total. The number of halogens is 3. The molecule has 0 fully saturated rings. The zero-order chi connectivity index (χ0) is 17.3. The van der Waals surface area contributed by atoms with Gasteiger partial charge in [0.2, 0.25) is 0 Å². The normalized spacial score (nSPS) is 11.5. The molecule has 0 atom stereocenters. The first-order valence-electron chi connectivity index (χ1n) is 6.79. The van der Waals surface area contributed by atoms with Crippen LogP contribution in [0.5, 0.6) is 0 Å². The number of amides is 1. The summed E-state index contributed by atoms with van der Waals surface area (Å²) in [4.78, 5) is 16.2. The Balaban J connectivity index is 1.91. The molecule has 9 heteroatoms. The standard InChI is InChI=1S/C15H11F3N4OS/c1-9-12(13(23)21-14-19-5-6-24-14)8-20-22(9)11-4-2-3-10(7-11)15(16,17)18/h2-8H,1H3,(H,19,21,23). The molecule has 1 amide bonds. The molecule has 0 spiro atoms. The van der Waals surface area contributed by atoms with Crippen molar-refractivity contribution in [1.29, 1.82) is 0 Å². The number of carbonyl (C=O) groups is 1. The summed E-state index contributed by atoms with van der Waals surface area (Å²) in [6, 6.07) is 4.77. The van der Waals surface area contributed by atoms with Crippen LogP contribution in [0.25, 0.3) is 5.69 Å². The van der Waals surface area contributed by atoms with Crippen LogP contribution >= 0.6 is 11.3 Å². The van der Waals surface area contributed by atoms with Crippen molar-refractivity contribution in [2.24, 2.45) is 0 Å². The second-order valence-corrected chi connectivity index (χ2v) is 5.79. The lowest BCUT2D eigenvalue weighted by Gasteiger charge is -2.10. The number of nitrogens with zero attached hydrogens (tertiary/aromatic N) is 3. The molecule has 0 aliphatic rings. The van der Waals surface area contributed by atoms with E-state index >= 15 is 0 Å². The molecule has 3 aromatic rings. The summed E-state index contributed by atoms with van der Waals surface area (Å²) in [5, 5.41) is 8.80. The smallest absolute Gasteiger partial charge is 0.298 e. The Bertz CT molecular complexity index is 871. The monoisotopic (exact) mass is 352 g/mol. The lowest BCUT2D eigenvalue weighted by atomic mass is 10.2. The summed E-state index contributed by atoms with van der Waals surface area (Å²) < 4.78 is 39.8. The maximum atomic E-state index is 12.8. The third-order valence-corrected chi connectivity index (χ3v) is 4.01. The van der Waals surface area contributed by atoms with Gasteiger partial charge in [-0.3, -0.25) is 10.1 Å². The van der Waals surface area contributed by atoms with Gasteiger partial charge in [0.05, 0.1) is 28.7 Å². The van der Waals surface area contributed by atoms with E-state index in [4.69, 9.17) is 0 Å². The second kappa shape index (κ2) is 6.08. The highest BCUT2D eigenvalue weighted by atomic mass is 32.1. The molecule has 0 radical (unpaired) electrons. The summed E-state index contributed by atoms with van der Waals surface area (Å²) >= 11 is 1.26. The molecule has 0 saturated carbocycles. The van der Waals surface area contributed by atoms with E-state index in [1.165, 1.54) is 34.3 Å². The van der Waals surface area contributed by atoms with Crippen molar-refractivity contribution >= 4 is 22.4 Å². The number of nitrogens with one attached hydrogen (secondary N) is 1. The molecule has 124 valence electrons. The zero-order valence-electron chi connectivity index (χ0n) is 12.3. The minimum Gasteiger partial charge on any atom is -0.298 e. The van der Waals surface area contributed by atoms with Gasteiger partial charge in [-0.2, -0.15) is 18.3 Å². The molecule has 2 aromatic heterocycles. The van der Waals surface area contributed by atoms with Crippen LogP contribution in [0.1, 0.15) is 21.6 Å². The van der Waals surface area contributed by atoms with E-state index in [2.05, 4.69) is 15.4 Å². The van der Waals surface area contributed by atoms with Crippen molar-refractivity contribution in [2.75, 3.05) is 5.32 Å². The molecule has 0 unspecified atom stereocenters. The van der Waals surface area contributed by atoms with Gasteiger partial charge in [0, 0.05) is 11.6 Å².